The van der Waals surface area contributed by atoms with Crippen LogP contribution in [0.15, 0.2) is 23.4 Å². The van der Waals surface area contributed by atoms with E-state index in [9.17, 15) is 15.0 Å². The van der Waals surface area contributed by atoms with E-state index < -0.39 is 17.2 Å². The lowest BCUT2D eigenvalue weighted by Crippen LogP contribution is -2.55. The fourth-order valence-electron chi connectivity index (χ4n) is 1.43. The van der Waals surface area contributed by atoms with Gasteiger partial charge in [0.2, 0.25) is 0 Å². The van der Waals surface area contributed by atoms with Crippen LogP contribution in [0.3, 0.4) is 0 Å². The monoisotopic (exact) mass is 267 g/mol. The Morgan fingerprint density at radius 2 is 2.05 bits per heavy atom. The van der Waals surface area contributed by atoms with E-state index in [-0.39, 0.29) is 17.1 Å². The van der Waals surface area contributed by atoms with Gasteiger partial charge in [0.1, 0.15) is 0 Å². The van der Waals surface area contributed by atoms with Crippen LogP contribution in [0.5, 0.6) is 11.5 Å². The van der Waals surface area contributed by atoms with E-state index in [4.69, 9.17) is 10.9 Å². The second-order valence-corrected chi connectivity index (χ2v) is 4.33. The highest BCUT2D eigenvalue weighted by Crippen LogP contribution is 2.25. The van der Waals surface area contributed by atoms with Gasteiger partial charge in [0.15, 0.2) is 17.3 Å². The fourth-order valence-corrected chi connectivity index (χ4v) is 1.43. The van der Waals surface area contributed by atoms with Crippen LogP contribution in [-0.4, -0.2) is 32.7 Å². The highest BCUT2D eigenvalue weighted by Gasteiger charge is 2.30. The van der Waals surface area contributed by atoms with E-state index in [1.807, 2.05) is 0 Å². The highest BCUT2D eigenvalue weighted by atomic mass is 16.4. The van der Waals surface area contributed by atoms with Gasteiger partial charge in [-0.3, -0.25) is 4.79 Å². The van der Waals surface area contributed by atoms with Crippen LogP contribution in [0.25, 0.3) is 0 Å². The van der Waals surface area contributed by atoms with E-state index in [0.717, 1.165) is 6.07 Å². The topological polar surface area (TPSA) is 128 Å². The highest BCUT2D eigenvalue weighted by molar-refractivity contribution is 6.00. The summed E-state index contributed by atoms with van der Waals surface area (Å²) in [4.78, 5) is 12.0. The lowest BCUT2D eigenvalue weighted by Gasteiger charge is -2.28. The van der Waals surface area contributed by atoms with Crippen molar-refractivity contribution in [1.29, 1.82) is 0 Å². The Kier molecular flexibility index (Phi) is 4.21. The maximum Gasteiger partial charge on any atom is 0.252 e. The number of phenolic OH excluding ortho intramolecular Hbond substituents is 2. The van der Waals surface area contributed by atoms with Gasteiger partial charge in [0.05, 0.1) is 5.54 Å². The molecule has 0 aromatic heterocycles. The molecule has 1 atom stereocenters. The summed E-state index contributed by atoms with van der Waals surface area (Å²) >= 11 is 0. The SMILES string of the molecule is CCC(C)(NC(=O)c1ccc(O)c(O)c1)/C(N)=N/O. The van der Waals surface area contributed by atoms with Crippen molar-refractivity contribution < 1.29 is 20.2 Å². The molecule has 1 amide bonds. The molecule has 6 N–H and O–H groups in total. The fraction of sp³-hybridized carbons (Fsp3) is 0.333. The summed E-state index contributed by atoms with van der Waals surface area (Å²) in [5, 5.41) is 32.7. The minimum Gasteiger partial charge on any atom is -0.504 e. The van der Waals surface area contributed by atoms with Crippen molar-refractivity contribution in [3.8, 4) is 11.5 Å². The number of rotatable bonds is 4. The van der Waals surface area contributed by atoms with Gasteiger partial charge in [0.25, 0.3) is 5.91 Å². The molecule has 0 fully saturated rings. The number of amidine groups is 1. The molecule has 0 aliphatic carbocycles. The number of aromatic hydroxyl groups is 2. The molecule has 0 aliphatic rings. The molecule has 0 spiro atoms. The van der Waals surface area contributed by atoms with Gasteiger partial charge in [-0.1, -0.05) is 12.1 Å². The van der Waals surface area contributed by atoms with E-state index in [2.05, 4.69) is 10.5 Å². The molecule has 1 rings (SSSR count). The first kappa shape index (κ1) is 14.6. The first-order chi connectivity index (χ1) is 8.84. The summed E-state index contributed by atoms with van der Waals surface area (Å²) in [6.07, 6.45) is 0.415. The summed E-state index contributed by atoms with van der Waals surface area (Å²) in [7, 11) is 0. The van der Waals surface area contributed by atoms with Gasteiger partial charge in [-0.2, -0.15) is 0 Å². The molecule has 0 saturated carbocycles. The summed E-state index contributed by atoms with van der Waals surface area (Å²) in [5.41, 5.74) is 4.69. The number of amides is 1. The number of nitrogens with two attached hydrogens (primary N) is 1. The molecule has 7 nitrogen and oxygen atoms in total. The predicted octanol–water partition coefficient (Wildman–Crippen LogP) is 0.743. The maximum atomic E-state index is 12.0. The van der Waals surface area contributed by atoms with Crippen molar-refractivity contribution in [3.63, 3.8) is 0 Å². The van der Waals surface area contributed by atoms with Gasteiger partial charge in [-0.15, -0.1) is 0 Å². The van der Waals surface area contributed by atoms with E-state index >= 15 is 0 Å². The molecule has 0 saturated heterocycles. The third-order valence-corrected chi connectivity index (χ3v) is 3.01. The normalized spacial score (nSPS) is 14.7. The van der Waals surface area contributed by atoms with Crippen LogP contribution in [0.2, 0.25) is 0 Å². The first-order valence-corrected chi connectivity index (χ1v) is 5.66. The smallest absolute Gasteiger partial charge is 0.252 e. The largest absolute Gasteiger partial charge is 0.504 e. The lowest BCUT2D eigenvalue weighted by molar-refractivity contribution is 0.0924. The molecule has 104 valence electrons. The molecule has 1 aromatic rings. The van der Waals surface area contributed by atoms with Crippen molar-refractivity contribution in [2.75, 3.05) is 0 Å². The predicted molar refractivity (Wildman–Crippen MR) is 69.3 cm³/mol. The van der Waals surface area contributed by atoms with Crippen molar-refractivity contribution in [3.05, 3.63) is 23.8 Å². The molecule has 0 bridgehead atoms. The Morgan fingerprint density at radius 3 is 2.53 bits per heavy atom. The van der Waals surface area contributed by atoms with Crippen LogP contribution in [0, 0.1) is 0 Å². The van der Waals surface area contributed by atoms with E-state index in [1.165, 1.54) is 12.1 Å². The van der Waals surface area contributed by atoms with Crippen molar-refractivity contribution in [2.45, 2.75) is 25.8 Å². The molecule has 1 aromatic carbocycles. The van der Waals surface area contributed by atoms with Gasteiger partial charge in [0, 0.05) is 5.56 Å². The summed E-state index contributed by atoms with van der Waals surface area (Å²) in [5.74, 6) is -1.33. The Morgan fingerprint density at radius 1 is 1.42 bits per heavy atom. The van der Waals surface area contributed by atoms with Crippen molar-refractivity contribution in [2.24, 2.45) is 10.9 Å². The Hall–Kier alpha value is -2.44. The minimum absolute atomic E-state index is 0.119. The van der Waals surface area contributed by atoms with Gasteiger partial charge >= 0.3 is 0 Å². The number of hydrogen-bond donors (Lipinski definition) is 5. The third kappa shape index (κ3) is 3.06. The zero-order valence-electron chi connectivity index (χ0n) is 10.7. The number of phenols is 2. The van der Waals surface area contributed by atoms with Crippen molar-refractivity contribution >= 4 is 11.7 Å². The number of carbonyl (C=O) groups excluding carboxylic acids is 1. The average Bonchev–Trinajstić information content (AvgIpc) is 2.40. The summed E-state index contributed by atoms with van der Waals surface area (Å²) in [6, 6.07) is 3.69. The van der Waals surface area contributed by atoms with Crippen molar-refractivity contribution in [1.82, 2.24) is 5.32 Å². The average molecular weight is 267 g/mol. The Balaban J connectivity index is 2.98. The maximum absolute atomic E-state index is 12.0. The summed E-state index contributed by atoms with van der Waals surface area (Å²) in [6.45, 7) is 3.38. The van der Waals surface area contributed by atoms with Crippen LogP contribution in [0.4, 0.5) is 0 Å². The standard InChI is InChI=1S/C12H17N3O4/c1-3-12(2,11(13)15-19)14-10(18)7-4-5-8(16)9(17)6-7/h4-6,16-17,19H,3H2,1-2H3,(H2,13,15)(H,14,18). The number of oxime groups is 1. The van der Waals surface area contributed by atoms with Gasteiger partial charge < -0.3 is 26.5 Å². The number of carbonyl (C=O) groups is 1. The third-order valence-electron chi connectivity index (χ3n) is 3.01. The molecule has 7 heteroatoms. The molecular weight excluding hydrogens is 250 g/mol. The van der Waals surface area contributed by atoms with E-state index in [1.54, 1.807) is 13.8 Å². The Labute approximate surface area is 110 Å². The zero-order valence-corrected chi connectivity index (χ0v) is 10.7. The van der Waals surface area contributed by atoms with E-state index in [0.29, 0.717) is 6.42 Å². The molecule has 19 heavy (non-hydrogen) atoms. The zero-order chi connectivity index (χ0) is 14.6. The second-order valence-electron chi connectivity index (χ2n) is 4.33. The molecule has 1 unspecified atom stereocenters. The Bertz CT molecular complexity index is 516. The van der Waals surface area contributed by atoms with Crippen LogP contribution in [-0.2, 0) is 0 Å². The minimum atomic E-state index is -1.00. The van der Waals surface area contributed by atoms with Crippen LogP contribution in [0.1, 0.15) is 30.6 Å². The summed E-state index contributed by atoms with van der Waals surface area (Å²) < 4.78 is 0. The van der Waals surface area contributed by atoms with Crippen LogP contribution < -0.4 is 11.1 Å². The molecule has 0 heterocycles. The number of benzene rings is 1. The molecule has 0 radical (unpaired) electrons. The number of nitrogens with zero attached hydrogens (tertiary/aromatic N) is 1. The van der Waals surface area contributed by atoms with Crippen LogP contribution >= 0.6 is 0 Å². The molecule has 0 aliphatic heterocycles. The number of nitrogens with one attached hydrogen (secondary N) is 1. The second kappa shape index (κ2) is 5.47. The molecular formula is C12H17N3O4. The van der Waals surface area contributed by atoms with Gasteiger partial charge in [-0.05, 0) is 31.5 Å². The van der Waals surface area contributed by atoms with Gasteiger partial charge in [-0.25, -0.2) is 0 Å². The first-order valence-electron chi connectivity index (χ1n) is 5.66. The lowest BCUT2D eigenvalue weighted by atomic mass is 9.97. The quantitative estimate of drug-likeness (QED) is 0.181. The number of hydrogen-bond acceptors (Lipinski definition) is 5.